The van der Waals surface area contributed by atoms with Crippen molar-refractivity contribution >= 4 is 22.3 Å². The SMILES string of the molecule is N#C/C(=C1\C(c2ccc(C#N)cc2)=CC2=C1C=C(c1ccc(C#N)cc1)/C2=C(\C#N)c1c(F)c(F)c(C(F)(F)F)c(F)c1F)c1c(F)c(F)c(C(F)(F)F)c(F)c1F. The van der Waals surface area contributed by atoms with Crippen molar-refractivity contribution < 1.29 is 61.5 Å². The van der Waals surface area contributed by atoms with Crippen LogP contribution in [0.1, 0.15) is 44.5 Å². The molecular weight excluding hydrogens is 802 g/mol. The second-order valence-corrected chi connectivity index (χ2v) is 12.1. The van der Waals surface area contributed by atoms with E-state index in [2.05, 4.69) is 0 Å². The number of allylic oxidation sites excluding steroid dienone is 10. The lowest BCUT2D eigenvalue weighted by Crippen LogP contribution is -2.17. The Labute approximate surface area is 315 Å². The Hall–Kier alpha value is -7.44. The van der Waals surface area contributed by atoms with Crippen molar-refractivity contribution in [2.24, 2.45) is 0 Å². The second-order valence-electron chi connectivity index (χ2n) is 12.1. The van der Waals surface area contributed by atoms with Crippen molar-refractivity contribution in [3.63, 3.8) is 0 Å². The summed E-state index contributed by atoms with van der Waals surface area (Å²) in [7, 11) is 0. The van der Waals surface area contributed by atoms with Gasteiger partial charge in [0, 0.05) is 11.1 Å². The lowest BCUT2D eigenvalue weighted by Gasteiger charge is -2.17. The second kappa shape index (κ2) is 14.3. The summed E-state index contributed by atoms with van der Waals surface area (Å²) >= 11 is 0. The van der Waals surface area contributed by atoms with Gasteiger partial charge in [0.2, 0.25) is 0 Å². The van der Waals surface area contributed by atoms with Gasteiger partial charge < -0.3 is 0 Å². The first-order valence-electron chi connectivity index (χ1n) is 15.6. The molecule has 0 radical (unpaired) electrons. The molecule has 6 rings (SSSR count). The monoisotopic (exact) mass is 812 g/mol. The van der Waals surface area contributed by atoms with Crippen molar-refractivity contribution in [3.8, 4) is 24.3 Å². The van der Waals surface area contributed by atoms with E-state index in [1.165, 1.54) is 12.1 Å². The van der Waals surface area contributed by atoms with E-state index in [4.69, 9.17) is 0 Å². The van der Waals surface area contributed by atoms with E-state index in [0.29, 0.717) is 0 Å². The molecule has 0 saturated heterocycles. The van der Waals surface area contributed by atoms with Crippen molar-refractivity contribution in [1.29, 1.82) is 21.0 Å². The summed E-state index contributed by atoms with van der Waals surface area (Å²) in [5.74, 6) is -22.7. The first-order valence-corrected chi connectivity index (χ1v) is 15.6. The average molecular weight is 813 g/mol. The molecule has 0 amide bonds. The molecule has 4 aromatic carbocycles. The van der Waals surface area contributed by atoms with Crippen LogP contribution in [0.4, 0.5) is 61.5 Å². The van der Waals surface area contributed by atoms with Crippen molar-refractivity contribution in [3.05, 3.63) is 174 Å². The first-order chi connectivity index (χ1) is 27.2. The van der Waals surface area contributed by atoms with Gasteiger partial charge in [-0.3, -0.25) is 0 Å². The van der Waals surface area contributed by atoms with Crippen LogP contribution in [-0.4, -0.2) is 0 Å². The van der Waals surface area contributed by atoms with E-state index in [1.807, 2.05) is 0 Å². The van der Waals surface area contributed by atoms with Crippen LogP contribution in [0.15, 0.2) is 83.0 Å². The molecule has 4 aromatic rings. The summed E-state index contributed by atoms with van der Waals surface area (Å²) in [6, 6.07) is 15.3. The van der Waals surface area contributed by atoms with E-state index >= 15 is 17.6 Å². The minimum absolute atomic E-state index is 0.00879. The largest absolute Gasteiger partial charge is 0.422 e. The summed E-state index contributed by atoms with van der Waals surface area (Å²) in [5, 5.41) is 39.3. The Morgan fingerprint density at radius 3 is 0.914 bits per heavy atom. The number of hydrogen-bond donors (Lipinski definition) is 0. The van der Waals surface area contributed by atoms with Gasteiger partial charge in [-0.05, 0) is 69.8 Å². The third-order valence-corrected chi connectivity index (χ3v) is 8.91. The Morgan fingerprint density at radius 2 is 0.690 bits per heavy atom. The minimum Gasteiger partial charge on any atom is -0.203 e. The number of halogens is 14. The van der Waals surface area contributed by atoms with Gasteiger partial charge in [0.1, 0.15) is 23.3 Å². The molecule has 288 valence electrons. The van der Waals surface area contributed by atoms with Crippen molar-refractivity contribution in [2.45, 2.75) is 12.4 Å². The maximum absolute atomic E-state index is 15.6. The summed E-state index contributed by atoms with van der Waals surface area (Å²) in [6.07, 6.45) is -10.2. The number of nitrogens with zero attached hydrogens (tertiary/aromatic N) is 4. The van der Waals surface area contributed by atoms with Crippen LogP contribution in [0.2, 0.25) is 0 Å². The van der Waals surface area contributed by atoms with Crippen LogP contribution in [0.25, 0.3) is 22.3 Å². The lowest BCUT2D eigenvalue weighted by molar-refractivity contribution is -0.144. The van der Waals surface area contributed by atoms with Crippen LogP contribution >= 0.6 is 0 Å². The fraction of sp³-hybridized carbons (Fsp3) is 0.0500. The topological polar surface area (TPSA) is 95.2 Å². The third-order valence-electron chi connectivity index (χ3n) is 8.91. The summed E-state index contributed by atoms with van der Waals surface area (Å²) < 4.78 is 203. The predicted octanol–water partition coefficient (Wildman–Crippen LogP) is 11.3. The van der Waals surface area contributed by atoms with Gasteiger partial charge in [-0.2, -0.15) is 47.4 Å². The molecule has 2 aliphatic rings. The smallest absolute Gasteiger partial charge is 0.203 e. The van der Waals surface area contributed by atoms with E-state index < -0.39 is 126 Å². The van der Waals surface area contributed by atoms with E-state index in [9.17, 15) is 65.0 Å². The molecule has 0 fully saturated rings. The standard InChI is InChI=1S/C40H10F14N4/c41-31-27(32(42)36(46)29(35(31)45)39(49,50)51)23(13-57)25-19(17-5-1-15(11-55)2-6-17)9-21-22(25)10-20(18-7-3-16(12-56)4-8-18)26(21)24(14-58)28-33(43)37(47)30(40(52,53)54)38(48)34(28)44/h1-10H/b25-23-,26-24-. The Morgan fingerprint density at radius 1 is 0.414 bits per heavy atom. The van der Waals surface area contributed by atoms with Crippen LogP contribution in [0, 0.1) is 91.9 Å². The molecule has 0 bridgehead atoms. The Balaban J connectivity index is 1.82. The molecule has 0 atom stereocenters. The number of hydrogen-bond acceptors (Lipinski definition) is 4. The first kappa shape index (κ1) is 40.2. The molecule has 0 aliphatic heterocycles. The van der Waals surface area contributed by atoms with E-state index in [1.54, 1.807) is 12.1 Å². The number of nitriles is 4. The van der Waals surface area contributed by atoms with Gasteiger partial charge in [0.25, 0.3) is 0 Å². The maximum Gasteiger partial charge on any atom is 0.422 e. The lowest BCUT2D eigenvalue weighted by atomic mass is 9.86. The molecule has 0 unspecified atom stereocenters. The number of benzene rings is 4. The summed E-state index contributed by atoms with van der Waals surface area (Å²) in [4.78, 5) is 0. The highest BCUT2D eigenvalue weighted by Crippen LogP contribution is 2.54. The fourth-order valence-corrected chi connectivity index (χ4v) is 6.41. The van der Waals surface area contributed by atoms with Crippen LogP contribution < -0.4 is 0 Å². The van der Waals surface area contributed by atoms with Crippen LogP contribution in [0.5, 0.6) is 0 Å². The molecule has 18 heteroatoms. The van der Waals surface area contributed by atoms with Gasteiger partial charge in [-0.1, -0.05) is 24.3 Å². The predicted molar refractivity (Wildman–Crippen MR) is 173 cm³/mol. The molecule has 0 aromatic heterocycles. The number of alkyl halides is 6. The van der Waals surface area contributed by atoms with Gasteiger partial charge in [-0.15, -0.1) is 0 Å². The van der Waals surface area contributed by atoms with Crippen molar-refractivity contribution in [1.82, 2.24) is 0 Å². The molecule has 4 nitrogen and oxygen atoms in total. The zero-order chi connectivity index (χ0) is 42.8. The van der Waals surface area contributed by atoms with Crippen molar-refractivity contribution in [2.75, 3.05) is 0 Å². The molecule has 0 heterocycles. The molecule has 58 heavy (non-hydrogen) atoms. The van der Waals surface area contributed by atoms with Gasteiger partial charge in [0.05, 0.1) is 45.5 Å². The minimum atomic E-state index is -6.00. The highest BCUT2D eigenvalue weighted by molar-refractivity contribution is 6.12. The normalized spacial score (nSPS) is 15.6. The Kier molecular flexibility index (Phi) is 9.88. The zero-order valence-corrected chi connectivity index (χ0v) is 27.9. The molecule has 0 spiro atoms. The zero-order valence-electron chi connectivity index (χ0n) is 27.9. The number of rotatable bonds is 4. The molecule has 2 aliphatic carbocycles. The van der Waals surface area contributed by atoms with E-state index in [-0.39, 0.29) is 22.3 Å². The van der Waals surface area contributed by atoms with Crippen LogP contribution in [0.3, 0.4) is 0 Å². The van der Waals surface area contributed by atoms with Gasteiger partial charge in [-0.25, -0.2) is 35.1 Å². The summed E-state index contributed by atoms with van der Waals surface area (Å²) in [5.41, 5.74) is -16.5. The molecule has 0 N–H and O–H groups in total. The van der Waals surface area contributed by atoms with Gasteiger partial charge >= 0.3 is 12.4 Å². The third kappa shape index (κ3) is 6.25. The van der Waals surface area contributed by atoms with Crippen LogP contribution in [-0.2, 0) is 12.4 Å². The maximum atomic E-state index is 15.6. The van der Waals surface area contributed by atoms with E-state index in [0.717, 1.165) is 60.7 Å². The molecular formula is C40H10F14N4. The fourth-order valence-electron chi connectivity index (χ4n) is 6.41. The highest BCUT2D eigenvalue weighted by Gasteiger charge is 2.46. The Bertz CT molecular complexity index is 2590. The van der Waals surface area contributed by atoms with Gasteiger partial charge in [0.15, 0.2) is 46.5 Å². The summed E-state index contributed by atoms with van der Waals surface area (Å²) in [6.45, 7) is 0. The molecule has 0 saturated carbocycles. The average Bonchev–Trinajstić information content (AvgIpc) is 3.72. The highest BCUT2D eigenvalue weighted by atomic mass is 19.4. The quantitative estimate of drug-likeness (QED) is 0.116.